The molecule has 0 aliphatic heterocycles. The number of aryl methyl sites for hydroxylation is 3. The first-order valence-corrected chi connectivity index (χ1v) is 6.16. The second-order valence-electron chi connectivity index (χ2n) is 4.05. The maximum atomic E-state index is 9.59. The van der Waals surface area contributed by atoms with Gasteiger partial charge in [0.05, 0.1) is 12.8 Å². The van der Waals surface area contributed by atoms with Gasteiger partial charge in [0.1, 0.15) is 10.8 Å². The smallest absolute Gasteiger partial charge is 0.195 e. The Morgan fingerprint density at radius 1 is 1.18 bits per heavy atom. The lowest BCUT2D eigenvalue weighted by Gasteiger charge is -2.09. The minimum absolute atomic E-state index is 0.285. The number of benzene rings is 1. The van der Waals surface area contributed by atoms with E-state index in [4.69, 9.17) is 4.74 Å². The van der Waals surface area contributed by atoms with Gasteiger partial charge in [0.2, 0.25) is 0 Å². The van der Waals surface area contributed by atoms with Crippen LogP contribution in [0.25, 0.3) is 10.6 Å². The summed E-state index contributed by atoms with van der Waals surface area (Å²) in [4.78, 5) is 4.37. The molecule has 0 atom stereocenters. The molecule has 0 aliphatic carbocycles. The zero-order valence-electron chi connectivity index (χ0n) is 10.4. The van der Waals surface area contributed by atoms with Crippen LogP contribution < -0.4 is 4.74 Å². The van der Waals surface area contributed by atoms with E-state index in [1.807, 2.05) is 26.0 Å². The van der Waals surface area contributed by atoms with Gasteiger partial charge in [-0.05, 0) is 44.0 Å². The van der Waals surface area contributed by atoms with Crippen molar-refractivity contribution < 1.29 is 9.84 Å². The summed E-state index contributed by atoms with van der Waals surface area (Å²) in [6.07, 6.45) is 0. The number of hydrogen-bond donors (Lipinski definition) is 1. The van der Waals surface area contributed by atoms with Gasteiger partial charge >= 0.3 is 0 Å². The predicted octanol–water partition coefficient (Wildman–Crippen LogP) is 3.45. The lowest BCUT2D eigenvalue weighted by atomic mass is 10.1. The number of methoxy groups -OCH3 is 1. The minimum Gasteiger partial charge on any atom is -0.498 e. The Labute approximate surface area is 105 Å². The zero-order valence-corrected chi connectivity index (χ0v) is 11.2. The molecule has 1 heterocycles. The Morgan fingerprint density at radius 3 is 2.41 bits per heavy atom. The molecule has 0 unspecified atom stereocenters. The number of hydrogen-bond acceptors (Lipinski definition) is 4. The van der Waals surface area contributed by atoms with Crippen LogP contribution in [-0.2, 0) is 0 Å². The van der Waals surface area contributed by atoms with E-state index < -0.39 is 0 Å². The summed E-state index contributed by atoms with van der Waals surface area (Å²) in [5, 5.41) is 10.7. The molecule has 3 nitrogen and oxygen atoms in total. The van der Waals surface area contributed by atoms with Gasteiger partial charge in [-0.2, -0.15) is 0 Å². The van der Waals surface area contributed by atoms with E-state index in [1.165, 1.54) is 11.3 Å². The van der Waals surface area contributed by atoms with Gasteiger partial charge in [0, 0.05) is 5.56 Å². The summed E-state index contributed by atoms with van der Waals surface area (Å²) in [6.45, 7) is 5.83. The molecule has 0 aliphatic rings. The van der Waals surface area contributed by atoms with E-state index in [2.05, 4.69) is 4.98 Å². The van der Waals surface area contributed by atoms with Crippen molar-refractivity contribution in [3.8, 4) is 21.4 Å². The number of aromatic hydroxyl groups is 1. The lowest BCUT2D eigenvalue weighted by molar-refractivity contribution is 0.411. The van der Waals surface area contributed by atoms with Crippen LogP contribution in [-0.4, -0.2) is 17.2 Å². The topological polar surface area (TPSA) is 42.4 Å². The summed E-state index contributed by atoms with van der Waals surface area (Å²) in [5.74, 6) is 0.878. The van der Waals surface area contributed by atoms with Crippen molar-refractivity contribution in [1.29, 1.82) is 0 Å². The SMILES string of the molecule is COc1cc(C)c(-c2nc(C)c(O)s2)cc1C. The molecule has 0 saturated heterocycles. The molecule has 2 aromatic rings. The maximum Gasteiger partial charge on any atom is 0.195 e. The zero-order chi connectivity index (χ0) is 12.6. The number of rotatable bonds is 2. The summed E-state index contributed by atoms with van der Waals surface area (Å²) >= 11 is 1.31. The standard InChI is InChI=1S/C13H15NO2S/c1-7-6-11(16-4)8(2)5-10(7)12-14-9(3)13(15)17-12/h5-6,15H,1-4H3. The van der Waals surface area contributed by atoms with E-state index in [-0.39, 0.29) is 5.06 Å². The van der Waals surface area contributed by atoms with Crippen molar-refractivity contribution in [2.45, 2.75) is 20.8 Å². The molecule has 0 bridgehead atoms. The van der Waals surface area contributed by atoms with Gasteiger partial charge in [0.25, 0.3) is 0 Å². The lowest BCUT2D eigenvalue weighted by Crippen LogP contribution is -1.91. The van der Waals surface area contributed by atoms with Crippen LogP contribution in [0.1, 0.15) is 16.8 Å². The monoisotopic (exact) mass is 249 g/mol. The van der Waals surface area contributed by atoms with Crippen molar-refractivity contribution in [2.75, 3.05) is 7.11 Å². The van der Waals surface area contributed by atoms with Crippen LogP contribution in [0.15, 0.2) is 12.1 Å². The van der Waals surface area contributed by atoms with Gasteiger partial charge in [0.15, 0.2) is 5.06 Å². The first kappa shape index (κ1) is 11.9. The molecule has 0 fully saturated rings. The fourth-order valence-corrected chi connectivity index (χ4v) is 2.63. The first-order valence-electron chi connectivity index (χ1n) is 5.35. The molecule has 1 aromatic carbocycles. The Morgan fingerprint density at radius 2 is 1.88 bits per heavy atom. The van der Waals surface area contributed by atoms with Crippen LogP contribution in [0, 0.1) is 20.8 Å². The molecule has 0 spiro atoms. The molecule has 1 aromatic heterocycles. The van der Waals surface area contributed by atoms with Gasteiger partial charge in [-0.1, -0.05) is 11.3 Å². The molecule has 2 rings (SSSR count). The third kappa shape index (κ3) is 2.13. The summed E-state index contributed by atoms with van der Waals surface area (Å²) in [5.41, 5.74) is 3.90. The van der Waals surface area contributed by atoms with Crippen molar-refractivity contribution in [3.63, 3.8) is 0 Å². The van der Waals surface area contributed by atoms with E-state index in [0.717, 1.165) is 27.4 Å². The number of thiazole rings is 1. The highest BCUT2D eigenvalue weighted by atomic mass is 32.1. The van der Waals surface area contributed by atoms with Crippen LogP contribution in [0.3, 0.4) is 0 Å². The normalized spacial score (nSPS) is 10.6. The first-order chi connectivity index (χ1) is 8.02. The predicted molar refractivity (Wildman–Crippen MR) is 70.0 cm³/mol. The molecule has 0 radical (unpaired) electrons. The molecule has 0 amide bonds. The van der Waals surface area contributed by atoms with E-state index in [9.17, 15) is 5.11 Å². The molecule has 90 valence electrons. The third-order valence-corrected chi connectivity index (χ3v) is 3.74. The highest BCUT2D eigenvalue weighted by Gasteiger charge is 2.12. The van der Waals surface area contributed by atoms with Gasteiger partial charge in [-0.3, -0.25) is 0 Å². The van der Waals surface area contributed by atoms with Crippen LogP contribution in [0.5, 0.6) is 10.8 Å². The summed E-state index contributed by atoms with van der Waals surface area (Å²) < 4.78 is 5.28. The van der Waals surface area contributed by atoms with E-state index >= 15 is 0 Å². The van der Waals surface area contributed by atoms with Crippen molar-refractivity contribution in [2.24, 2.45) is 0 Å². The third-order valence-electron chi connectivity index (χ3n) is 2.74. The number of aromatic nitrogens is 1. The second kappa shape index (κ2) is 4.37. The fourth-order valence-electron chi connectivity index (χ4n) is 1.74. The maximum absolute atomic E-state index is 9.59. The molecular weight excluding hydrogens is 234 g/mol. The Bertz CT molecular complexity index is 541. The summed E-state index contributed by atoms with van der Waals surface area (Å²) in [7, 11) is 1.67. The largest absolute Gasteiger partial charge is 0.498 e. The average Bonchev–Trinajstić information content (AvgIpc) is 2.61. The Kier molecular flexibility index (Phi) is 3.07. The van der Waals surface area contributed by atoms with Gasteiger partial charge < -0.3 is 9.84 Å². The van der Waals surface area contributed by atoms with Crippen LogP contribution in [0.2, 0.25) is 0 Å². The van der Waals surface area contributed by atoms with Crippen LogP contribution >= 0.6 is 11.3 Å². The van der Waals surface area contributed by atoms with Gasteiger partial charge in [-0.25, -0.2) is 4.98 Å². The highest BCUT2D eigenvalue weighted by molar-refractivity contribution is 7.16. The van der Waals surface area contributed by atoms with Gasteiger partial charge in [-0.15, -0.1) is 0 Å². The van der Waals surface area contributed by atoms with Crippen molar-refractivity contribution in [3.05, 3.63) is 29.0 Å². The van der Waals surface area contributed by atoms with Crippen molar-refractivity contribution in [1.82, 2.24) is 4.98 Å². The van der Waals surface area contributed by atoms with Crippen LogP contribution in [0.4, 0.5) is 0 Å². The molecule has 1 N–H and O–H groups in total. The molecule has 4 heteroatoms. The molecule has 0 saturated carbocycles. The summed E-state index contributed by atoms with van der Waals surface area (Å²) in [6, 6.07) is 4.05. The van der Waals surface area contributed by atoms with Crippen molar-refractivity contribution >= 4 is 11.3 Å². The Balaban J connectivity index is 2.56. The highest BCUT2D eigenvalue weighted by Crippen LogP contribution is 2.36. The second-order valence-corrected chi connectivity index (χ2v) is 5.02. The Hall–Kier alpha value is -1.55. The van der Waals surface area contributed by atoms with E-state index in [1.54, 1.807) is 14.0 Å². The fraction of sp³-hybridized carbons (Fsp3) is 0.308. The number of nitrogens with zero attached hydrogens (tertiary/aromatic N) is 1. The minimum atomic E-state index is 0.285. The van der Waals surface area contributed by atoms with E-state index in [0.29, 0.717) is 5.69 Å². The average molecular weight is 249 g/mol. The molecular formula is C13H15NO2S. The molecule has 17 heavy (non-hydrogen) atoms. The number of ether oxygens (including phenoxy) is 1. The quantitative estimate of drug-likeness (QED) is 0.886.